The maximum Gasteiger partial charge on any atom is 0.293 e. The van der Waals surface area contributed by atoms with Crippen LogP contribution in [0.4, 0.5) is 4.79 Å². The van der Waals surface area contributed by atoms with Crippen LogP contribution in [0.2, 0.25) is 0 Å². The second kappa shape index (κ2) is 7.19. The molecule has 1 aromatic heterocycles. The van der Waals surface area contributed by atoms with Crippen molar-refractivity contribution in [3.63, 3.8) is 0 Å². The third-order valence-corrected chi connectivity index (χ3v) is 5.15. The summed E-state index contributed by atoms with van der Waals surface area (Å²) >= 11 is 0.999. The molecule has 1 aliphatic heterocycles. The smallest absolute Gasteiger partial charge is 0.293 e. The van der Waals surface area contributed by atoms with Crippen molar-refractivity contribution >= 4 is 29.0 Å². The second-order valence-electron chi connectivity index (χ2n) is 5.81. The zero-order chi connectivity index (χ0) is 18.0. The van der Waals surface area contributed by atoms with Gasteiger partial charge in [0.05, 0.1) is 12.0 Å². The number of carbonyl (C=O) groups is 2. The van der Waals surface area contributed by atoms with Gasteiger partial charge in [0.1, 0.15) is 5.75 Å². The lowest BCUT2D eigenvalue weighted by Crippen LogP contribution is -2.36. The van der Waals surface area contributed by atoms with Crippen LogP contribution in [0.25, 0.3) is 11.8 Å². The number of benzene rings is 1. The molecule has 25 heavy (non-hydrogen) atoms. The Kier molecular flexibility index (Phi) is 4.99. The predicted molar refractivity (Wildman–Crippen MR) is 99.9 cm³/mol. The number of hydrogen-bond acceptors (Lipinski definition) is 4. The van der Waals surface area contributed by atoms with Crippen molar-refractivity contribution in [2.45, 2.75) is 26.3 Å². The molecule has 0 bridgehead atoms. The summed E-state index contributed by atoms with van der Waals surface area (Å²) in [6.45, 7) is 3.85. The number of aromatic nitrogens is 1. The van der Waals surface area contributed by atoms with Gasteiger partial charge < -0.3 is 9.30 Å². The van der Waals surface area contributed by atoms with Crippen molar-refractivity contribution in [3.8, 4) is 11.4 Å². The molecule has 0 unspecified atom stereocenters. The summed E-state index contributed by atoms with van der Waals surface area (Å²) in [6, 6.07) is 11.4. The van der Waals surface area contributed by atoms with E-state index < -0.39 is 0 Å². The number of carbonyl (C=O) groups excluding carboxylic acids is 2. The highest BCUT2D eigenvalue weighted by Crippen LogP contribution is 2.34. The summed E-state index contributed by atoms with van der Waals surface area (Å²) in [6.07, 6.45) is 4.44. The Balaban J connectivity index is 1.91. The first kappa shape index (κ1) is 17.4. The van der Waals surface area contributed by atoms with Crippen LogP contribution in [0.5, 0.6) is 5.75 Å². The van der Waals surface area contributed by atoms with E-state index in [-0.39, 0.29) is 17.2 Å². The maximum atomic E-state index is 12.6. The van der Waals surface area contributed by atoms with Crippen molar-refractivity contribution in [1.82, 2.24) is 9.47 Å². The Labute approximate surface area is 151 Å². The first-order valence-electron chi connectivity index (χ1n) is 8.14. The Morgan fingerprint density at radius 1 is 1.20 bits per heavy atom. The summed E-state index contributed by atoms with van der Waals surface area (Å²) in [5, 5.41) is -0.201. The quantitative estimate of drug-likeness (QED) is 0.749. The van der Waals surface area contributed by atoms with Crippen LogP contribution >= 0.6 is 11.8 Å². The van der Waals surface area contributed by atoms with Crippen molar-refractivity contribution in [2.75, 3.05) is 7.11 Å². The van der Waals surface area contributed by atoms with E-state index in [0.29, 0.717) is 4.91 Å². The number of methoxy groups -OCH3 is 1. The van der Waals surface area contributed by atoms with E-state index in [0.717, 1.165) is 35.3 Å². The molecule has 130 valence electrons. The van der Waals surface area contributed by atoms with Gasteiger partial charge in [-0.15, -0.1) is 0 Å². The fraction of sp³-hybridized carbons (Fsp3) is 0.263. The highest BCUT2D eigenvalue weighted by atomic mass is 32.2. The van der Waals surface area contributed by atoms with Gasteiger partial charge in [-0.3, -0.25) is 14.5 Å². The number of amides is 2. The number of hydrogen-bond donors (Lipinski definition) is 0. The van der Waals surface area contributed by atoms with Gasteiger partial charge in [0.15, 0.2) is 0 Å². The van der Waals surface area contributed by atoms with Gasteiger partial charge in [0, 0.05) is 23.6 Å². The lowest BCUT2D eigenvalue weighted by Gasteiger charge is -2.19. The summed E-state index contributed by atoms with van der Waals surface area (Å²) in [5.41, 5.74) is 1.80. The molecule has 6 heteroatoms. The topological polar surface area (TPSA) is 51.5 Å². The Hall–Kier alpha value is -2.47. The summed E-state index contributed by atoms with van der Waals surface area (Å²) < 4.78 is 7.15. The third-order valence-electron chi connectivity index (χ3n) is 4.27. The van der Waals surface area contributed by atoms with E-state index in [2.05, 4.69) is 0 Å². The van der Waals surface area contributed by atoms with E-state index in [1.807, 2.05) is 61.0 Å². The predicted octanol–water partition coefficient (Wildman–Crippen LogP) is 4.32. The fourth-order valence-electron chi connectivity index (χ4n) is 2.67. The zero-order valence-electron chi connectivity index (χ0n) is 14.4. The molecule has 0 radical (unpaired) electrons. The van der Waals surface area contributed by atoms with Crippen LogP contribution in [-0.4, -0.2) is 33.8 Å². The van der Waals surface area contributed by atoms with E-state index in [4.69, 9.17) is 4.74 Å². The first-order valence-corrected chi connectivity index (χ1v) is 8.95. The lowest BCUT2D eigenvalue weighted by molar-refractivity contribution is -0.124. The Bertz CT molecular complexity index is 823. The molecule has 1 aromatic carbocycles. The number of ether oxygens (including phenoxy) is 1. The monoisotopic (exact) mass is 356 g/mol. The van der Waals surface area contributed by atoms with Crippen LogP contribution in [0.3, 0.4) is 0 Å². The number of nitrogens with zero attached hydrogens (tertiary/aromatic N) is 2. The van der Waals surface area contributed by atoms with Gasteiger partial charge in [0.25, 0.3) is 11.1 Å². The van der Waals surface area contributed by atoms with E-state index in [1.165, 1.54) is 4.90 Å². The van der Waals surface area contributed by atoms with Gasteiger partial charge >= 0.3 is 0 Å². The molecule has 1 fully saturated rings. The highest BCUT2D eigenvalue weighted by molar-refractivity contribution is 8.18. The minimum atomic E-state index is -0.216. The van der Waals surface area contributed by atoms with Crippen LogP contribution in [-0.2, 0) is 4.79 Å². The van der Waals surface area contributed by atoms with Crippen LogP contribution in [0.15, 0.2) is 47.5 Å². The van der Waals surface area contributed by atoms with Gasteiger partial charge in [-0.25, -0.2) is 0 Å². The van der Waals surface area contributed by atoms with E-state index in [1.54, 1.807) is 13.2 Å². The van der Waals surface area contributed by atoms with Crippen molar-refractivity contribution in [1.29, 1.82) is 0 Å². The SMILES string of the molecule is CC[C@H](C)N1C(=O)S/C(=C/c2cccn2-c2ccc(OC)cc2)C1=O. The summed E-state index contributed by atoms with van der Waals surface area (Å²) in [5.74, 6) is 0.568. The molecule has 2 heterocycles. The van der Waals surface area contributed by atoms with Crippen LogP contribution in [0.1, 0.15) is 26.0 Å². The average Bonchev–Trinajstić information content (AvgIpc) is 3.19. The minimum absolute atomic E-state index is 0.0910. The van der Waals surface area contributed by atoms with Gasteiger partial charge in [-0.1, -0.05) is 6.92 Å². The van der Waals surface area contributed by atoms with Gasteiger partial charge in [-0.2, -0.15) is 0 Å². The summed E-state index contributed by atoms with van der Waals surface area (Å²) in [7, 11) is 1.63. The highest BCUT2D eigenvalue weighted by Gasteiger charge is 2.37. The largest absolute Gasteiger partial charge is 0.497 e. The molecular weight excluding hydrogens is 336 g/mol. The fourth-order valence-corrected chi connectivity index (χ4v) is 3.58. The lowest BCUT2D eigenvalue weighted by atomic mass is 10.2. The number of imide groups is 1. The molecule has 2 aromatic rings. The normalized spacial score (nSPS) is 17.4. The molecule has 0 aliphatic carbocycles. The van der Waals surface area contributed by atoms with Crippen molar-refractivity contribution in [3.05, 3.63) is 53.2 Å². The minimum Gasteiger partial charge on any atom is -0.497 e. The molecule has 0 saturated carbocycles. The molecular formula is C19H20N2O3S. The van der Waals surface area contributed by atoms with Crippen LogP contribution in [0, 0.1) is 0 Å². The molecule has 0 N–H and O–H groups in total. The summed E-state index contributed by atoms with van der Waals surface area (Å²) in [4.78, 5) is 26.5. The second-order valence-corrected chi connectivity index (χ2v) is 6.80. The standard InChI is InChI=1S/C19H20N2O3S/c1-4-13(2)21-18(22)17(25-19(21)23)12-15-6-5-11-20(15)14-7-9-16(24-3)10-8-14/h5-13H,4H2,1-3H3/b17-12+/t13-/m0/s1. The molecule has 5 nitrogen and oxygen atoms in total. The molecule has 3 rings (SSSR count). The van der Waals surface area contributed by atoms with Gasteiger partial charge in [-0.05, 0) is 67.6 Å². The zero-order valence-corrected chi connectivity index (χ0v) is 15.2. The van der Waals surface area contributed by atoms with Crippen molar-refractivity contribution in [2.24, 2.45) is 0 Å². The molecule has 0 spiro atoms. The number of thioether (sulfide) groups is 1. The molecule has 1 aliphatic rings. The first-order chi connectivity index (χ1) is 12.0. The van der Waals surface area contributed by atoms with Gasteiger partial charge in [0.2, 0.25) is 0 Å². The molecule has 1 atom stereocenters. The Morgan fingerprint density at radius 3 is 2.56 bits per heavy atom. The average molecular weight is 356 g/mol. The van der Waals surface area contributed by atoms with Crippen LogP contribution < -0.4 is 4.74 Å². The third kappa shape index (κ3) is 3.35. The number of rotatable bonds is 5. The van der Waals surface area contributed by atoms with Crippen molar-refractivity contribution < 1.29 is 14.3 Å². The molecule has 1 saturated heterocycles. The Morgan fingerprint density at radius 2 is 1.92 bits per heavy atom. The molecule has 2 amide bonds. The van der Waals surface area contributed by atoms with E-state index in [9.17, 15) is 9.59 Å². The maximum absolute atomic E-state index is 12.6. The van der Waals surface area contributed by atoms with E-state index >= 15 is 0 Å².